The lowest BCUT2D eigenvalue weighted by molar-refractivity contribution is 0.193. The van der Waals surface area contributed by atoms with Gasteiger partial charge in [0.1, 0.15) is 16.5 Å². The first-order valence-electron chi connectivity index (χ1n) is 4.10. The molecule has 6 heteroatoms. The molecule has 0 aliphatic carbocycles. The summed E-state index contributed by atoms with van der Waals surface area (Å²) in [6.07, 6.45) is -0.402. The Balaban J connectivity index is 3.46. The molecule has 0 fully saturated rings. The average Bonchev–Trinajstić information content (AvgIpc) is 2.06. The lowest BCUT2D eigenvalue weighted by atomic mass is 10.1. The molecule has 15 heavy (non-hydrogen) atoms. The summed E-state index contributed by atoms with van der Waals surface area (Å²) in [5.74, 6) is -2.00. The van der Waals surface area contributed by atoms with Crippen LogP contribution in [0.1, 0.15) is 18.6 Å². The standard InChI is InChI=1S/C9H10F2O3S/c1-5(12)6-3-8(11)9(4-7(6)10)15(2,13)14/h3-5,12H,1-2H3. The van der Waals surface area contributed by atoms with E-state index in [-0.39, 0.29) is 5.56 Å². The fourth-order valence-corrected chi connectivity index (χ4v) is 1.88. The average molecular weight is 236 g/mol. The second kappa shape index (κ2) is 3.86. The maximum absolute atomic E-state index is 13.2. The first-order chi connectivity index (χ1) is 6.73. The maximum Gasteiger partial charge on any atom is 0.178 e. The van der Waals surface area contributed by atoms with Crippen molar-refractivity contribution in [2.45, 2.75) is 17.9 Å². The molecule has 1 unspecified atom stereocenters. The van der Waals surface area contributed by atoms with Crippen molar-refractivity contribution in [1.82, 2.24) is 0 Å². The molecule has 1 aromatic carbocycles. The molecule has 0 bridgehead atoms. The predicted octanol–water partition coefficient (Wildman–Crippen LogP) is 1.42. The van der Waals surface area contributed by atoms with Crippen molar-refractivity contribution in [2.24, 2.45) is 0 Å². The number of benzene rings is 1. The third kappa shape index (κ3) is 2.51. The third-order valence-electron chi connectivity index (χ3n) is 1.90. The molecular weight excluding hydrogens is 226 g/mol. The number of hydrogen-bond acceptors (Lipinski definition) is 3. The van der Waals surface area contributed by atoms with Gasteiger partial charge in [0.05, 0.1) is 6.10 Å². The highest BCUT2D eigenvalue weighted by molar-refractivity contribution is 7.90. The van der Waals surface area contributed by atoms with E-state index in [1.807, 2.05) is 0 Å². The number of rotatable bonds is 2. The lowest BCUT2D eigenvalue weighted by Gasteiger charge is -2.08. The van der Waals surface area contributed by atoms with E-state index in [1.165, 1.54) is 6.92 Å². The van der Waals surface area contributed by atoms with E-state index in [2.05, 4.69) is 0 Å². The molecule has 1 aromatic rings. The van der Waals surface area contributed by atoms with Crippen LogP contribution in [0.3, 0.4) is 0 Å². The van der Waals surface area contributed by atoms with Gasteiger partial charge in [-0.25, -0.2) is 17.2 Å². The van der Waals surface area contributed by atoms with E-state index in [0.29, 0.717) is 12.1 Å². The maximum atomic E-state index is 13.2. The third-order valence-corrected chi connectivity index (χ3v) is 3.01. The Morgan fingerprint density at radius 3 is 2.20 bits per heavy atom. The van der Waals surface area contributed by atoms with Crippen molar-refractivity contribution in [3.05, 3.63) is 29.3 Å². The summed E-state index contributed by atoms with van der Waals surface area (Å²) in [6, 6.07) is 1.27. The second-order valence-electron chi connectivity index (χ2n) is 3.25. The lowest BCUT2D eigenvalue weighted by Crippen LogP contribution is -2.05. The smallest absolute Gasteiger partial charge is 0.178 e. The fourth-order valence-electron chi connectivity index (χ4n) is 1.15. The van der Waals surface area contributed by atoms with Crippen molar-refractivity contribution in [1.29, 1.82) is 0 Å². The number of hydrogen-bond donors (Lipinski definition) is 1. The van der Waals surface area contributed by atoms with Crippen LogP contribution in [0.25, 0.3) is 0 Å². The molecule has 1 rings (SSSR count). The van der Waals surface area contributed by atoms with Crippen molar-refractivity contribution in [3.63, 3.8) is 0 Å². The first kappa shape index (κ1) is 12.1. The van der Waals surface area contributed by atoms with Crippen LogP contribution >= 0.6 is 0 Å². The molecule has 3 nitrogen and oxygen atoms in total. The van der Waals surface area contributed by atoms with E-state index in [1.54, 1.807) is 0 Å². The van der Waals surface area contributed by atoms with E-state index < -0.39 is 32.5 Å². The van der Waals surface area contributed by atoms with Gasteiger partial charge >= 0.3 is 0 Å². The summed E-state index contributed by atoms with van der Waals surface area (Å²) in [7, 11) is -3.80. The molecular formula is C9H10F2O3S. The van der Waals surface area contributed by atoms with Crippen LogP contribution in [0.15, 0.2) is 17.0 Å². The van der Waals surface area contributed by atoms with Crippen LogP contribution in [-0.2, 0) is 9.84 Å². The molecule has 1 N–H and O–H groups in total. The van der Waals surface area contributed by atoms with Gasteiger partial charge in [0.2, 0.25) is 0 Å². The molecule has 84 valence electrons. The monoisotopic (exact) mass is 236 g/mol. The van der Waals surface area contributed by atoms with Gasteiger partial charge in [-0.3, -0.25) is 0 Å². The minimum Gasteiger partial charge on any atom is -0.389 e. The molecule has 0 amide bonds. The normalized spacial score (nSPS) is 13.9. The highest BCUT2D eigenvalue weighted by Gasteiger charge is 2.19. The zero-order valence-electron chi connectivity index (χ0n) is 8.16. The van der Waals surface area contributed by atoms with Gasteiger partial charge in [-0.05, 0) is 19.1 Å². The summed E-state index contributed by atoms with van der Waals surface area (Å²) >= 11 is 0. The van der Waals surface area contributed by atoms with Gasteiger partial charge in [-0.1, -0.05) is 0 Å². The fraction of sp³-hybridized carbons (Fsp3) is 0.333. The van der Waals surface area contributed by atoms with Crippen LogP contribution in [0.2, 0.25) is 0 Å². The largest absolute Gasteiger partial charge is 0.389 e. The number of aliphatic hydroxyl groups is 1. The first-order valence-corrected chi connectivity index (χ1v) is 5.99. The Morgan fingerprint density at radius 2 is 1.80 bits per heavy atom. The minimum absolute atomic E-state index is 0.264. The molecule has 0 aromatic heterocycles. The molecule has 0 aliphatic rings. The number of sulfone groups is 1. The topological polar surface area (TPSA) is 54.4 Å². The molecule has 0 saturated carbocycles. The second-order valence-corrected chi connectivity index (χ2v) is 5.24. The number of aliphatic hydroxyl groups excluding tert-OH is 1. The van der Waals surface area contributed by atoms with Crippen LogP contribution < -0.4 is 0 Å². The van der Waals surface area contributed by atoms with Crippen molar-refractivity contribution in [3.8, 4) is 0 Å². The molecule has 1 atom stereocenters. The van der Waals surface area contributed by atoms with Gasteiger partial charge in [-0.15, -0.1) is 0 Å². The van der Waals surface area contributed by atoms with Gasteiger partial charge in [-0.2, -0.15) is 0 Å². The summed E-state index contributed by atoms with van der Waals surface area (Å²) < 4.78 is 48.5. The van der Waals surface area contributed by atoms with Gasteiger partial charge in [0, 0.05) is 11.8 Å². The molecule has 0 saturated heterocycles. The highest BCUT2D eigenvalue weighted by Crippen LogP contribution is 2.23. The SMILES string of the molecule is CC(O)c1cc(F)c(S(C)(=O)=O)cc1F. The summed E-state index contributed by atoms with van der Waals surface area (Å²) in [6.45, 7) is 1.26. The van der Waals surface area contributed by atoms with Crippen LogP contribution in [0.5, 0.6) is 0 Å². The Morgan fingerprint density at radius 1 is 1.27 bits per heavy atom. The zero-order valence-corrected chi connectivity index (χ0v) is 8.98. The van der Waals surface area contributed by atoms with Crippen molar-refractivity contribution >= 4 is 9.84 Å². The highest BCUT2D eigenvalue weighted by atomic mass is 32.2. The van der Waals surface area contributed by atoms with Gasteiger partial charge in [0.25, 0.3) is 0 Å². The van der Waals surface area contributed by atoms with Crippen molar-refractivity contribution < 1.29 is 22.3 Å². The van der Waals surface area contributed by atoms with Crippen molar-refractivity contribution in [2.75, 3.05) is 6.26 Å². The Bertz CT molecular complexity index is 480. The molecule has 0 aliphatic heterocycles. The Kier molecular flexibility index (Phi) is 3.11. The summed E-state index contributed by atoms with van der Waals surface area (Å²) in [5, 5.41) is 9.07. The zero-order chi connectivity index (χ0) is 11.8. The van der Waals surface area contributed by atoms with Crippen LogP contribution in [0, 0.1) is 11.6 Å². The Labute approximate surface area is 86.3 Å². The van der Waals surface area contributed by atoms with E-state index >= 15 is 0 Å². The molecule has 0 spiro atoms. The molecule has 0 heterocycles. The van der Waals surface area contributed by atoms with Crippen LogP contribution in [0.4, 0.5) is 8.78 Å². The minimum atomic E-state index is -3.80. The predicted molar refractivity (Wildman–Crippen MR) is 50.1 cm³/mol. The summed E-state index contributed by atoms with van der Waals surface area (Å²) in [4.78, 5) is -0.704. The Hall–Kier alpha value is -1.01. The van der Waals surface area contributed by atoms with Gasteiger partial charge in [0.15, 0.2) is 9.84 Å². The van der Waals surface area contributed by atoms with E-state index in [9.17, 15) is 17.2 Å². The molecule has 0 radical (unpaired) electrons. The van der Waals surface area contributed by atoms with E-state index in [0.717, 1.165) is 6.26 Å². The quantitative estimate of drug-likeness (QED) is 0.845. The van der Waals surface area contributed by atoms with Crippen LogP contribution in [-0.4, -0.2) is 19.8 Å². The van der Waals surface area contributed by atoms with E-state index in [4.69, 9.17) is 5.11 Å². The van der Waals surface area contributed by atoms with Gasteiger partial charge < -0.3 is 5.11 Å². The number of halogens is 2. The summed E-state index contributed by atoms with van der Waals surface area (Å²) in [5.41, 5.74) is -0.264.